The minimum absolute atomic E-state index is 0.259. The molecule has 1 aromatic rings. The van der Waals surface area contributed by atoms with Crippen LogP contribution in [0.3, 0.4) is 0 Å². The number of nitrogen functional groups attached to an aromatic ring is 1. The highest BCUT2D eigenvalue weighted by molar-refractivity contribution is 5.95. The van der Waals surface area contributed by atoms with Crippen molar-refractivity contribution in [2.75, 3.05) is 32.4 Å². The van der Waals surface area contributed by atoms with Gasteiger partial charge in [-0.1, -0.05) is 6.92 Å². The van der Waals surface area contributed by atoms with Crippen molar-refractivity contribution in [3.63, 3.8) is 0 Å². The molecule has 1 rings (SSSR count). The van der Waals surface area contributed by atoms with E-state index in [0.29, 0.717) is 17.8 Å². The first-order valence-electron chi connectivity index (χ1n) is 5.98. The SMILES string of the molecule is CCN(C)CCNC(=O)c1cc(N)c(C)c(F)c1. The number of carbonyl (C=O) groups excluding carboxylic acids is 1. The molecule has 0 atom stereocenters. The Bertz CT molecular complexity index is 411. The summed E-state index contributed by atoms with van der Waals surface area (Å²) >= 11 is 0. The fraction of sp³-hybridized carbons (Fsp3) is 0.462. The summed E-state index contributed by atoms with van der Waals surface area (Å²) in [6, 6.07) is 2.71. The van der Waals surface area contributed by atoms with E-state index in [1.807, 2.05) is 14.0 Å². The Hall–Kier alpha value is -1.62. The van der Waals surface area contributed by atoms with E-state index in [0.717, 1.165) is 13.1 Å². The first-order chi connectivity index (χ1) is 8.45. The van der Waals surface area contributed by atoms with Crippen molar-refractivity contribution < 1.29 is 9.18 Å². The molecule has 18 heavy (non-hydrogen) atoms. The molecule has 4 nitrogen and oxygen atoms in total. The molecule has 3 N–H and O–H groups in total. The molecule has 0 aliphatic heterocycles. The second-order valence-electron chi connectivity index (χ2n) is 4.32. The summed E-state index contributed by atoms with van der Waals surface area (Å²) in [5, 5.41) is 2.74. The smallest absolute Gasteiger partial charge is 0.251 e. The van der Waals surface area contributed by atoms with E-state index < -0.39 is 5.82 Å². The number of benzene rings is 1. The number of nitrogens with one attached hydrogen (secondary N) is 1. The molecule has 0 spiro atoms. The minimum Gasteiger partial charge on any atom is -0.398 e. The summed E-state index contributed by atoms with van der Waals surface area (Å²) in [4.78, 5) is 13.9. The molecule has 0 radical (unpaired) electrons. The van der Waals surface area contributed by atoms with Crippen LogP contribution in [0.2, 0.25) is 0 Å². The van der Waals surface area contributed by atoms with Crippen LogP contribution in [0.5, 0.6) is 0 Å². The van der Waals surface area contributed by atoms with Crippen LogP contribution in [-0.2, 0) is 0 Å². The molecule has 0 aromatic heterocycles. The highest BCUT2D eigenvalue weighted by atomic mass is 19.1. The van der Waals surface area contributed by atoms with Crippen LogP contribution in [-0.4, -0.2) is 37.5 Å². The van der Waals surface area contributed by atoms with Gasteiger partial charge in [0.05, 0.1) is 0 Å². The first-order valence-corrected chi connectivity index (χ1v) is 5.98. The van der Waals surface area contributed by atoms with E-state index in [1.165, 1.54) is 12.1 Å². The van der Waals surface area contributed by atoms with Gasteiger partial charge in [-0.15, -0.1) is 0 Å². The van der Waals surface area contributed by atoms with Crippen LogP contribution < -0.4 is 11.1 Å². The summed E-state index contributed by atoms with van der Waals surface area (Å²) in [7, 11) is 1.97. The number of likely N-dealkylation sites (N-methyl/N-ethyl adjacent to an activating group) is 1. The topological polar surface area (TPSA) is 58.4 Å². The van der Waals surface area contributed by atoms with Crippen LogP contribution in [0.4, 0.5) is 10.1 Å². The molecule has 0 unspecified atom stereocenters. The maximum atomic E-state index is 13.4. The number of halogens is 1. The van der Waals surface area contributed by atoms with Gasteiger partial charge in [0.2, 0.25) is 0 Å². The van der Waals surface area contributed by atoms with Crippen LogP contribution in [0, 0.1) is 12.7 Å². The minimum atomic E-state index is -0.453. The van der Waals surface area contributed by atoms with Crippen LogP contribution >= 0.6 is 0 Å². The third-order valence-corrected chi connectivity index (χ3v) is 2.97. The fourth-order valence-electron chi connectivity index (χ4n) is 1.45. The Balaban J connectivity index is 2.62. The molecule has 0 fully saturated rings. The zero-order chi connectivity index (χ0) is 13.7. The van der Waals surface area contributed by atoms with Crippen LogP contribution in [0.1, 0.15) is 22.8 Å². The maximum absolute atomic E-state index is 13.4. The standard InChI is InChI=1S/C13H20FN3O/c1-4-17(3)6-5-16-13(18)10-7-11(14)9(2)12(15)8-10/h7-8H,4-6,15H2,1-3H3,(H,16,18). The van der Waals surface area contributed by atoms with Gasteiger partial charge in [0.15, 0.2) is 0 Å². The number of rotatable bonds is 5. The molecular weight excluding hydrogens is 233 g/mol. The van der Waals surface area contributed by atoms with Gasteiger partial charge in [-0.2, -0.15) is 0 Å². The van der Waals surface area contributed by atoms with Crippen molar-refractivity contribution >= 4 is 11.6 Å². The normalized spacial score (nSPS) is 10.7. The molecule has 0 saturated carbocycles. The maximum Gasteiger partial charge on any atom is 0.251 e. The number of amides is 1. The lowest BCUT2D eigenvalue weighted by atomic mass is 10.1. The van der Waals surface area contributed by atoms with E-state index in [2.05, 4.69) is 10.2 Å². The average molecular weight is 253 g/mol. The van der Waals surface area contributed by atoms with Gasteiger partial charge in [-0.25, -0.2) is 4.39 Å². The van der Waals surface area contributed by atoms with E-state index in [9.17, 15) is 9.18 Å². The van der Waals surface area contributed by atoms with Crippen molar-refractivity contribution in [3.8, 4) is 0 Å². The molecular formula is C13H20FN3O. The van der Waals surface area contributed by atoms with Crippen molar-refractivity contribution in [1.29, 1.82) is 0 Å². The number of nitrogens with zero attached hydrogens (tertiary/aromatic N) is 1. The van der Waals surface area contributed by atoms with Crippen molar-refractivity contribution in [2.45, 2.75) is 13.8 Å². The Morgan fingerprint density at radius 3 is 2.72 bits per heavy atom. The van der Waals surface area contributed by atoms with Gasteiger partial charge in [0, 0.05) is 29.9 Å². The zero-order valence-electron chi connectivity index (χ0n) is 11.1. The van der Waals surface area contributed by atoms with E-state index in [4.69, 9.17) is 5.73 Å². The average Bonchev–Trinajstić information content (AvgIpc) is 2.34. The summed E-state index contributed by atoms with van der Waals surface area (Å²) in [6.07, 6.45) is 0. The first kappa shape index (κ1) is 14.4. The fourth-order valence-corrected chi connectivity index (χ4v) is 1.45. The Morgan fingerprint density at radius 1 is 1.50 bits per heavy atom. The highest BCUT2D eigenvalue weighted by Gasteiger charge is 2.10. The van der Waals surface area contributed by atoms with E-state index in [1.54, 1.807) is 6.92 Å². The molecule has 0 aliphatic rings. The predicted molar refractivity (Wildman–Crippen MR) is 71.1 cm³/mol. The van der Waals surface area contributed by atoms with Gasteiger partial charge in [-0.3, -0.25) is 4.79 Å². The van der Waals surface area contributed by atoms with Crippen LogP contribution in [0.15, 0.2) is 12.1 Å². The lowest BCUT2D eigenvalue weighted by molar-refractivity contribution is 0.0949. The number of hydrogen-bond acceptors (Lipinski definition) is 3. The van der Waals surface area contributed by atoms with E-state index in [-0.39, 0.29) is 11.5 Å². The van der Waals surface area contributed by atoms with Gasteiger partial charge in [0.1, 0.15) is 5.82 Å². The van der Waals surface area contributed by atoms with Crippen molar-refractivity contribution in [1.82, 2.24) is 10.2 Å². The molecule has 0 aliphatic carbocycles. The zero-order valence-corrected chi connectivity index (χ0v) is 11.1. The molecule has 100 valence electrons. The van der Waals surface area contributed by atoms with E-state index >= 15 is 0 Å². The molecule has 5 heteroatoms. The Labute approximate surface area is 107 Å². The number of hydrogen-bond donors (Lipinski definition) is 2. The number of anilines is 1. The molecule has 1 aromatic carbocycles. The number of carbonyl (C=O) groups is 1. The summed E-state index contributed by atoms with van der Waals surface area (Å²) in [5.41, 5.74) is 6.56. The van der Waals surface area contributed by atoms with Gasteiger partial charge in [-0.05, 0) is 32.6 Å². The third kappa shape index (κ3) is 3.70. The van der Waals surface area contributed by atoms with Gasteiger partial charge < -0.3 is 16.0 Å². The lowest BCUT2D eigenvalue weighted by Crippen LogP contribution is -2.33. The second kappa shape index (κ2) is 6.35. The summed E-state index contributed by atoms with van der Waals surface area (Å²) in [5.74, 6) is -0.754. The Morgan fingerprint density at radius 2 is 2.17 bits per heavy atom. The summed E-state index contributed by atoms with van der Waals surface area (Å²) < 4.78 is 13.4. The second-order valence-corrected chi connectivity index (χ2v) is 4.32. The molecule has 1 amide bonds. The quantitative estimate of drug-likeness (QED) is 0.780. The Kier molecular flexibility index (Phi) is 5.09. The number of nitrogens with two attached hydrogens (primary N) is 1. The predicted octanol–water partition coefficient (Wildman–Crippen LogP) is 1.40. The molecule has 0 saturated heterocycles. The van der Waals surface area contributed by atoms with Gasteiger partial charge in [0.25, 0.3) is 5.91 Å². The van der Waals surface area contributed by atoms with Crippen LogP contribution in [0.25, 0.3) is 0 Å². The lowest BCUT2D eigenvalue weighted by Gasteiger charge is -2.14. The highest BCUT2D eigenvalue weighted by Crippen LogP contribution is 2.17. The summed E-state index contributed by atoms with van der Waals surface area (Å²) in [6.45, 7) is 5.83. The monoisotopic (exact) mass is 253 g/mol. The largest absolute Gasteiger partial charge is 0.398 e. The van der Waals surface area contributed by atoms with Crippen molar-refractivity contribution in [3.05, 3.63) is 29.1 Å². The van der Waals surface area contributed by atoms with Gasteiger partial charge >= 0.3 is 0 Å². The van der Waals surface area contributed by atoms with Crippen molar-refractivity contribution in [2.24, 2.45) is 0 Å². The third-order valence-electron chi connectivity index (χ3n) is 2.97. The molecule has 0 bridgehead atoms. The molecule has 0 heterocycles.